The van der Waals surface area contributed by atoms with E-state index < -0.39 is 0 Å². The van der Waals surface area contributed by atoms with Crippen molar-refractivity contribution in [1.82, 2.24) is 4.90 Å². The molecule has 0 spiro atoms. The Balaban J connectivity index is 2.61. The van der Waals surface area contributed by atoms with Crippen LogP contribution in [0.15, 0.2) is 24.3 Å². The molecule has 1 aromatic rings. The van der Waals surface area contributed by atoms with E-state index in [9.17, 15) is 4.79 Å². The molecule has 0 aliphatic carbocycles. The second-order valence-electron chi connectivity index (χ2n) is 5.02. The zero-order valence-electron chi connectivity index (χ0n) is 12.8. The molecular weight excluding hydrogens is 252 g/mol. The Bertz CT molecular complexity index is 421. The summed E-state index contributed by atoms with van der Waals surface area (Å²) in [6, 6.07) is 7.83. The van der Waals surface area contributed by atoms with Gasteiger partial charge in [-0.25, -0.2) is 0 Å². The van der Waals surface area contributed by atoms with E-state index in [2.05, 4.69) is 0 Å². The first-order chi connectivity index (χ1) is 9.61. The standard InChI is InChI=1S/C16H26N2O2/c1-13(14-9-6-7-10-15(14)20-3)18(2)16(19)11-5-4-8-12-17/h6-7,9-10,13H,4-5,8,11-12,17H2,1-3H3. The first-order valence-corrected chi connectivity index (χ1v) is 7.20. The molecule has 112 valence electrons. The van der Waals surface area contributed by atoms with E-state index in [1.54, 1.807) is 12.0 Å². The Hall–Kier alpha value is -1.55. The van der Waals surface area contributed by atoms with Gasteiger partial charge in [-0.2, -0.15) is 0 Å². The van der Waals surface area contributed by atoms with Gasteiger partial charge in [0, 0.05) is 19.0 Å². The minimum Gasteiger partial charge on any atom is -0.496 e. The number of para-hydroxylation sites is 1. The van der Waals surface area contributed by atoms with Gasteiger partial charge >= 0.3 is 0 Å². The molecule has 1 rings (SSSR count). The number of rotatable bonds is 8. The lowest BCUT2D eigenvalue weighted by atomic mass is 10.1. The van der Waals surface area contributed by atoms with E-state index in [-0.39, 0.29) is 11.9 Å². The molecule has 0 fully saturated rings. The maximum absolute atomic E-state index is 12.2. The van der Waals surface area contributed by atoms with Crippen LogP contribution >= 0.6 is 0 Å². The molecule has 0 radical (unpaired) electrons. The Morgan fingerprint density at radius 3 is 2.65 bits per heavy atom. The fourth-order valence-corrected chi connectivity index (χ4v) is 2.21. The molecule has 20 heavy (non-hydrogen) atoms. The number of hydrogen-bond acceptors (Lipinski definition) is 3. The summed E-state index contributed by atoms with van der Waals surface area (Å²) in [4.78, 5) is 14.0. The van der Waals surface area contributed by atoms with Gasteiger partial charge in [0.15, 0.2) is 0 Å². The highest BCUT2D eigenvalue weighted by Crippen LogP contribution is 2.28. The summed E-state index contributed by atoms with van der Waals surface area (Å²) < 4.78 is 5.36. The molecule has 0 aromatic heterocycles. The van der Waals surface area contributed by atoms with Crippen LogP contribution in [0, 0.1) is 0 Å². The van der Waals surface area contributed by atoms with Crippen LogP contribution in [0.4, 0.5) is 0 Å². The molecule has 0 saturated carbocycles. The fraction of sp³-hybridized carbons (Fsp3) is 0.562. The molecule has 0 aliphatic heterocycles. The van der Waals surface area contributed by atoms with E-state index >= 15 is 0 Å². The van der Waals surface area contributed by atoms with Crippen molar-refractivity contribution in [3.63, 3.8) is 0 Å². The summed E-state index contributed by atoms with van der Waals surface area (Å²) in [6.45, 7) is 2.72. The van der Waals surface area contributed by atoms with Gasteiger partial charge in [-0.3, -0.25) is 4.79 Å². The molecule has 1 amide bonds. The van der Waals surface area contributed by atoms with Gasteiger partial charge in [0.2, 0.25) is 5.91 Å². The van der Waals surface area contributed by atoms with E-state index in [4.69, 9.17) is 10.5 Å². The van der Waals surface area contributed by atoms with Gasteiger partial charge in [0.25, 0.3) is 0 Å². The number of carbonyl (C=O) groups is 1. The maximum Gasteiger partial charge on any atom is 0.222 e. The first-order valence-electron chi connectivity index (χ1n) is 7.20. The van der Waals surface area contributed by atoms with E-state index in [1.807, 2.05) is 38.2 Å². The summed E-state index contributed by atoms with van der Waals surface area (Å²) in [5.41, 5.74) is 6.49. The van der Waals surface area contributed by atoms with Crippen molar-refractivity contribution in [2.75, 3.05) is 20.7 Å². The average molecular weight is 278 g/mol. The molecule has 4 heteroatoms. The molecule has 0 heterocycles. The number of ether oxygens (including phenoxy) is 1. The minimum absolute atomic E-state index is 0.00755. The summed E-state index contributed by atoms with van der Waals surface area (Å²) in [6.07, 6.45) is 3.48. The van der Waals surface area contributed by atoms with Gasteiger partial charge in [-0.15, -0.1) is 0 Å². The van der Waals surface area contributed by atoms with Crippen LogP contribution in [0.5, 0.6) is 5.75 Å². The van der Waals surface area contributed by atoms with E-state index in [0.29, 0.717) is 13.0 Å². The van der Waals surface area contributed by atoms with Crippen molar-refractivity contribution in [3.05, 3.63) is 29.8 Å². The maximum atomic E-state index is 12.2. The van der Waals surface area contributed by atoms with Crippen LogP contribution in [0.25, 0.3) is 0 Å². The third-order valence-electron chi connectivity index (χ3n) is 3.66. The number of hydrogen-bond donors (Lipinski definition) is 1. The molecule has 1 atom stereocenters. The van der Waals surface area contributed by atoms with E-state index in [1.165, 1.54) is 0 Å². The first kappa shape index (κ1) is 16.5. The summed E-state index contributed by atoms with van der Waals surface area (Å²) in [5, 5.41) is 0. The summed E-state index contributed by atoms with van der Waals surface area (Å²) >= 11 is 0. The topological polar surface area (TPSA) is 55.6 Å². The average Bonchev–Trinajstić information content (AvgIpc) is 2.49. The molecule has 2 N–H and O–H groups in total. The van der Waals surface area contributed by atoms with Crippen LogP contribution in [0.1, 0.15) is 44.2 Å². The van der Waals surface area contributed by atoms with Crippen molar-refractivity contribution >= 4 is 5.91 Å². The van der Waals surface area contributed by atoms with Crippen LogP contribution < -0.4 is 10.5 Å². The van der Waals surface area contributed by atoms with Gasteiger partial charge in [-0.1, -0.05) is 24.6 Å². The third kappa shape index (κ3) is 4.53. The highest BCUT2D eigenvalue weighted by molar-refractivity contribution is 5.76. The Labute approximate surface area is 121 Å². The number of nitrogens with zero attached hydrogens (tertiary/aromatic N) is 1. The lowest BCUT2D eigenvalue weighted by Gasteiger charge is -2.26. The Morgan fingerprint density at radius 1 is 1.30 bits per heavy atom. The second-order valence-corrected chi connectivity index (χ2v) is 5.02. The molecular formula is C16H26N2O2. The second kappa shape index (κ2) is 8.59. The van der Waals surface area contributed by atoms with Crippen molar-refractivity contribution in [1.29, 1.82) is 0 Å². The van der Waals surface area contributed by atoms with Crippen LogP contribution in [0.3, 0.4) is 0 Å². The Kier molecular flexibility index (Phi) is 7.09. The largest absolute Gasteiger partial charge is 0.496 e. The number of methoxy groups -OCH3 is 1. The number of unbranched alkanes of at least 4 members (excludes halogenated alkanes) is 2. The lowest BCUT2D eigenvalue weighted by Crippen LogP contribution is -2.29. The molecule has 4 nitrogen and oxygen atoms in total. The quantitative estimate of drug-likeness (QED) is 0.744. The highest BCUT2D eigenvalue weighted by Gasteiger charge is 2.19. The number of nitrogens with two attached hydrogens (primary N) is 1. The molecule has 0 aliphatic rings. The predicted octanol–water partition coefficient (Wildman–Crippen LogP) is 2.73. The lowest BCUT2D eigenvalue weighted by molar-refractivity contribution is -0.131. The Morgan fingerprint density at radius 2 is 2.00 bits per heavy atom. The zero-order valence-corrected chi connectivity index (χ0v) is 12.8. The molecule has 0 bridgehead atoms. The van der Waals surface area contributed by atoms with Crippen LogP contribution in [0.2, 0.25) is 0 Å². The highest BCUT2D eigenvalue weighted by atomic mass is 16.5. The monoisotopic (exact) mass is 278 g/mol. The van der Waals surface area contributed by atoms with Gasteiger partial charge < -0.3 is 15.4 Å². The smallest absolute Gasteiger partial charge is 0.222 e. The van der Waals surface area contributed by atoms with Crippen molar-refractivity contribution in [2.45, 2.75) is 38.6 Å². The molecule has 1 unspecified atom stereocenters. The van der Waals surface area contributed by atoms with Crippen LogP contribution in [-0.2, 0) is 4.79 Å². The SMILES string of the molecule is COc1ccccc1C(C)N(C)C(=O)CCCCCN. The number of carbonyl (C=O) groups excluding carboxylic acids is 1. The minimum atomic E-state index is 0.00755. The van der Waals surface area contributed by atoms with Crippen LogP contribution in [-0.4, -0.2) is 31.5 Å². The number of amides is 1. The van der Waals surface area contributed by atoms with Crippen molar-refractivity contribution in [3.8, 4) is 5.75 Å². The van der Waals surface area contributed by atoms with Gasteiger partial charge in [-0.05, 0) is 32.4 Å². The fourth-order valence-electron chi connectivity index (χ4n) is 2.21. The summed E-state index contributed by atoms with van der Waals surface area (Å²) in [5.74, 6) is 0.989. The van der Waals surface area contributed by atoms with Crippen molar-refractivity contribution < 1.29 is 9.53 Å². The molecule has 1 aromatic carbocycles. The van der Waals surface area contributed by atoms with Gasteiger partial charge in [0.1, 0.15) is 5.75 Å². The van der Waals surface area contributed by atoms with Gasteiger partial charge in [0.05, 0.1) is 13.2 Å². The zero-order chi connectivity index (χ0) is 15.0. The predicted molar refractivity (Wildman–Crippen MR) is 81.7 cm³/mol. The molecule has 0 saturated heterocycles. The normalized spacial score (nSPS) is 12.0. The summed E-state index contributed by atoms with van der Waals surface area (Å²) in [7, 11) is 3.50. The van der Waals surface area contributed by atoms with Crippen molar-refractivity contribution in [2.24, 2.45) is 5.73 Å². The number of benzene rings is 1. The third-order valence-corrected chi connectivity index (χ3v) is 3.66. The van der Waals surface area contributed by atoms with E-state index in [0.717, 1.165) is 30.6 Å².